The van der Waals surface area contributed by atoms with Gasteiger partial charge in [-0.05, 0) is 115 Å². The second-order valence-electron chi connectivity index (χ2n) is 17.9. The number of hydrogen-bond acceptors (Lipinski definition) is 11. The Morgan fingerprint density at radius 1 is 0.532 bits per heavy atom. The van der Waals surface area contributed by atoms with Crippen LogP contribution in [0.4, 0.5) is 37.7 Å². The lowest BCUT2D eigenvalue weighted by Gasteiger charge is -2.23. The largest absolute Gasteiger partial charge is 0.481 e. The van der Waals surface area contributed by atoms with Crippen LogP contribution in [-0.4, -0.2) is 83.8 Å². The number of esters is 1. The van der Waals surface area contributed by atoms with Gasteiger partial charge in [-0.25, -0.2) is 9.97 Å². The Bertz CT molecular complexity index is 2780. The highest BCUT2D eigenvalue weighted by atomic mass is 19.4. The summed E-state index contributed by atoms with van der Waals surface area (Å²) in [6.45, 7) is 11.1. The zero-order valence-electron chi connectivity index (χ0n) is 42.4. The number of ether oxygens (including phenoxy) is 3. The number of pyridine rings is 2. The monoisotopic (exact) mass is 1070 g/mol. The molecule has 0 aliphatic heterocycles. The molecule has 4 aromatic carbocycles. The van der Waals surface area contributed by atoms with E-state index in [2.05, 4.69) is 31.2 Å². The lowest BCUT2D eigenvalue weighted by atomic mass is 10.0. The number of carboxylic acid groups (broad SMARTS) is 1. The first-order valence-corrected chi connectivity index (χ1v) is 24.3. The first-order chi connectivity index (χ1) is 36.1. The van der Waals surface area contributed by atoms with Crippen LogP contribution in [0.2, 0.25) is 0 Å². The van der Waals surface area contributed by atoms with Crippen LogP contribution in [-0.2, 0) is 26.7 Å². The molecule has 0 spiro atoms. The number of nitrogens with one attached hydrogen (secondary N) is 4. The van der Waals surface area contributed by atoms with E-state index in [-0.39, 0.29) is 75.1 Å². The van der Waals surface area contributed by atoms with Crippen molar-refractivity contribution < 1.29 is 64.8 Å². The highest BCUT2D eigenvalue weighted by molar-refractivity contribution is 5.95. The van der Waals surface area contributed by atoms with Crippen molar-refractivity contribution in [2.24, 2.45) is 11.8 Å². The molecule has 77 heavy (non-hydrogen) atoms. The van der Waals surface area contributed by atoms with Crippen LogP contribution in [0.3, 0.4) is 0 Å². The molecule has 0 aliphatic carbocycles. The Morgan fingerprint density at radius 3 is 1.21 bits per heavy atom. The summed E-state index contributed by atoms with van der Waals surface area (Å²) in [5.41, 5.74) is 3.69. The van der Waals surface area contributed by atoms with Gasteiger partial charge in [0.25, 0.3) is 11.8 Å². The molecule has 5 N–H and O–H groups in total. The van der Waals surface area contributed by atoms with Crippen molar-refractivity contribution in [1.82, 2.24) is 20.6 Å². The molecule has 20 heteroatoms. The number of hydrogen-bond donors (Lipinski definition) is 5. The van der Waals surface area contributed by atoms with E-state index in [1.165, 1.54) is 24.3 Å². The van der Waals surface area contributed by atoms with Gasteiger partial charge < -0.3 is 40.6 Å². The summed E-state index contributed by atoms with van der Waals surface area (Å²) in [7, 11) is 0. The summed E-state index contributed by atoms with van der Waals surface area (Å²) >= 11 is 0. The molecule has 412 valence electrons. The second-order valence-corrected chi connectivity index (χ2v) is 17.9. The average molecular weight is 1080 g/mol. The van der Waals surface area contributed by atoms with Crippen LogP contribution in [0.1, 0.15) is 86.7 Å². The molecule has 0 unspecified atom stereocenters. The predicted molar refractivity (Wildman–Crippen MR) is 283 cm³/mol. The lowest BCUT2D eigenvalue weighted by Crippen LogP contribution is -2.32. The number of halogens is 6. The predicted octanol–water partition coefficient (Wildman–Crippen LogP) is 12.1. The fraction of sp³-hybridized carbons (Fsp3) is 0.333. The number of rotatable bonds is 23. The third-order valence-electron chi connectivity index (χ3n) is 11.5. The van der Waals surface area contributed by atoms with E-state index in [9.17, 15) is 45.5 Å². The molecule has 0 radical (unpaired) electrons. The molecular formula is C57H64F6N6O8. The number of carbonyl (C=O) groups is 4. The Kier molecular flexibility index (Phi) is 23.3. The third-order valence-corrected chi connectivity index (χ3v) is 11.5. The number of benzene rings is 4. The van der Waals surface area contributed by atoms with Gasteiger partial charge >= 0.3 is 24.3 Å². The Hall–Kier alpha value is -8.16. The summed E-state index contributed by atoms with van der Waals surface area (Å²) in [5, 5.41) is 20.7. The highest BCUT2D eigenvalue weighted by Crippen LogP contribution is 2.33. The minimum Gasteiger partial charge on any atom is -0.481 e. The van der Waals surface area contributed by atoms with E-state index in [0.717, 1.165) is 35.6 Å². The summed E-state index contributed by atoms with van der Waals surface area (Å²) < 4.78 is 93.2. The van der Waals surface area contributed by atoms with Crippen LogP contribution < -0.4 is 30.7 Å². The van der Waals surface area contributed by atoms with E-state index >= 15 is 0 Å². The van der Waals surface area contributed by atoms with Gasteiger partial charge in [-0.2, -0.15) is 26.3 Å². The Morgan fingerprint density at radius 2 is 0.896 bits per heavy atom. The fourth-order valence-electron chi connectivity index (χ4n) is 6.99. The number of anilines is 2. The standard InChI is InChI=1S/C29H32F3N3O4.C27H28F3N3O4.CH4/c1-4-38-27(36)15-16-33-28(37)21-7-12-24(13-8-21)35-25(19(2)3)18-39-26-14-9-22(17-34-26)20-5-10-23(11-6-20)29(30,31)32;1-17(2)23(33-22-10-5-19(6-11-22)26(36)31-14-13-25(34)35)16-37-24-12-7-20(15-32-24)18-3-8-21(9-4-18)27(28,29)30;/h5-14,17,19,25,35H,4,15-16,18H2,1-3H3,(H,33,37);3-12,15,17,23,33H,13-14,16H2,1-2H3,(H,31,36)(H,34,35);1H4/t25-;23-;/m11./s1. The first kappa shape index (κ1) is 61.4. The number of aromatic nitrogens is 2. The van der Waals surface area contributed by atoms with Crippen molar-refractivity contribution in [3.8, 4) is 34.0 Å². The van der Waals surface area contributed by atoms with Gasteiger partial charge in [-0.15, -0.1) is 0 Å². The van der Waals surface area contributed by atoms with E-state index in [1.54, 1.807) is 92.1 Å². The molecule has 0 saturated carbocycles. The number of nitrogens with zero attached hydrogens (tertiary/aromatic N) is 2. The van der Waals surface area contributed by atoms with Crippen molar-refractivity contribution >= 4 is 35.1 Å². The van der Waals surface area contributed by atoms with E-state index in [4.69, 9.17) is 19.3 Å². The zero-order chi connectivity index (χ0) is 55.4. The van der Waals surface area contributed by atoms with E-state index < -0.39 is 29.4 Å². The van der Waals surface area contributed by atoms with Crippen molar-refractivity contribution in [1.29, 1.82) is 0 Å². The molecule has 6 aromatic rings. The normalized spacial score (nSPS) is 12.0. The first-order valence-electron chi connectivity index (χ1n) is 24.3. The quantitative estimate of drug-likeness (QED) is 0.0302. The Labute approximate surface area is 444 Å². The number of carboxylic acids is 1. The third kappa shape index (κ3) is 20.1. The van der Waals surface area contributed by atoms with Gasteiger partial charge in [0.1, 0.15) is 13.2 Å². The van der Waals surface area contributed by atoms with Gasteiger partial charge in [0, 0.05) is 71.2 Å². The molecule has 0 aliphatic rings. The highest BCUT2D eigenvalue weighted by Gasteiger charge is 2.31. The average Bonchev–Trinajstić information content (AvgIpc) is 3.39. The van der Waals surface area contributed by atoms with Crippen molar-refractivity contribution in [3.05, 3.63) is 156 Å². The summed E-state index contributed by atoms with van der Waals surface area (Å²) in [4.78, 5) is 54.9. The minimum absolute atomic E-state index is 0. The van der Waals surface area contributed by atoms with E-state index in [0.29, 0.717) is 65.0 Å². The summed E-state index contributed by atoms with van der Waals surface area (Å²) in [6.07, 6.45) is -5.67. The SMILES string of the molecule is C.CC(C)[C@@H](COc1ccc(-c2ccc(C(F)(F)F)cc2)cn1)Nc1ccc(C(=O)NCCC(=O)O)cc1.CCOC(=O)CCNC(=O)c1ccc(N[C@H](COc2ccc(-c3ccc(C(F)(F)F)cc3)cn2)C(C)C)cc1. The van der Waals surface area contributed by atoms with Crippen LogP contribution in [0, 0.1) is 11.8 Å². The van der Waals surface area contributed by atoms with E-state index in [1.807, 2.05) is 27.7 Å². The van der Waals surface area contributed by atoms with Crippen LogP contribution in [0.15, 0.2) is 134 Å². The maximum absolute atomic E-state index is 12.8. The maximum atomic E-state index is 12.8. The number of aliphatic carboxylic acids is 1. The molecule has 6 rings (SSSR count). The van der Waals surface area contributed by atoms with Crippen LogP contribution >= 0.6 is 0 Å². The smallest absolute Gasteiger partial charge is 0.416 e. The van der Waals surface area contributed by atoms with Gasteiger partial charge in [-0.1, -0.05) is 59.4 Å². The summed E-state index contributed by atoms with van der Waals surface area (Å²) in [6, 6.07) is 30.3. The molecule has 0 saturated heterocycles. The molecule has 2 amide bonds. The van der Waals surface area contributed by atoms with Crippen molar-refractivity contribution in [3.63, 3.8) is 0 Å². The van der Waals surface area contributed by atoms with Crippen molar-refractivity contribution in [2.45, 2.75) is 79.3 Å². The topological polar surface area (TPSA) is 190 Å². The molecule has 0 fully saturated rings. The molecule has 2 atom stereocenters. The van der Waals surface area contributed by atoms with Gasteiger partial charge in [0.05, 0.1) is 42.7 Å². The zero-order valence-corrected chi connectivity index (χ0v) is 42.4. The summed E-state index contributed by atoms with van der Waals surface area (Å²) in [5.74, 6) is -0.767. The molecule has 2 aromatic heterocycles. The molecule has 0 bridgehead atoms. The Balaban J connectivity index is 0.000000329. The molecule has 2 heterocycles. The van der Waals surface area contributed by atoms with Crippen LogP contribution in [0.5, 0.6) is 11.8 Å². The van der Waals surface area contributed by atoms with Gasteiger partial charge in [-0.3, -0.25) is 19.2 Å². The van der Waals surface area contributed by atoms with Gasteiger partial charge in [0.15, 0.2) is 0 Å². The second kappa shape index (κ2) is 29.2. The minimum atomic E-state index is -4.38. The molecule has 14 nitrogen and oxygen atoms in total. The van der Waals surface area contributed by atoms with Crippen molar-refractivity contribution in [2.75, 3.05) is 43.5 Å². The number of carbonyl (C=O) groups excluding carboxylic acids is 3. The van der Waals surface area contributed by atoms with Gasteiger partial charge in [0.2, 0.25) is 11.8 Å². The number of amides is 2. The lowest BCUT2D eigenvalue weighted by molar-refractivity contribution is -0.143. The molecular weight excluding hydrogens is 1010 g/mol. The number of alkyl halides is 6. The fourth-order valence-corrected chi connectivity index (χ4v) is 6.99. The van der Waals surface area contributed by atoms with Crippen LogP contribution in [0.25, 0.3) is 22.3 Å². The maximum Gasteiger partial charge on any atom is 0.416 e.